The fourth-order valence-corrected chi connectivity index (χ4v) is 1.25. The molecule has 1 heterocycles. The molecule has 0 aliphatic carbocycles. The van der Waals surface area contributed by atoms with Crippen LogP contribution in [0.2, 0.25) is 0 Å². The number of rotatable bonds is 2. The Morgan fingerprint density at radius 1 is 1.35 bits per heavy atom. The maximum Gasteiger partial charge on any atom is 0.274 e. The monoisotopic (exact) mass is 233 g/mol. The Morgan fingerprint density at radius 3 is 2.88 bits per heavy atom. The quantitative estimate of drug-likeness (QED) is 0.817. The summed E-state index contributed by atoms with van der Waals surface area (Å²) in [6.07, 6.45) is 1.13. The number of hydrogen-bond donors (Lipinski definition) is 2. The minimum absolute atomic E-state index is 0.0296. The van der Waals surface area contributed by atoms with Gasteiger partial charge in [0.05, 0.1) is 6.33 Å². The van der Waals surface area contributed by atoms with E-state index in [-0.39, 0.29) is 5.69 Å². The predicted molar refractivity (Wildman–Crippen MR) is 59.2 cm³/mol. The van der Waals surface area contributed by atoms with Crippen LogP contribution in [0.4, 0.5) is 10.1 Å². The van der Waals surface area contributed by atoms with Crippen molar-refractivity contribution in [2.45, 2.75) is 0 Å². The van der Waals surface area contributed by atoms with Crippen LogP contribution in [0, 0.1) is 5.82 Å². The van der Waals surface area contributed by atoms with Crippen LogP contribution in [0.1, 0.15) is 10.5 Å². The molecule has 86 valence electrons. The highest BCUT2D eigenvalue weighted by Crippen LogP contribution is 2.09. The van der Waals surface area contributed by atoms with Crippen LogP contribution in [-0.2, 0) is 0 Å². The molecule has 0 bridgehead atoms. The fourth-order valence-electron chi connectivity index (χ4n) is 1.25. The molecular weight excluding hydrogens is 225 g/mol. The van der Waals surface area contributed by atoms with Gasteiger partial charge in [-0.3, -0.25) is 9.59 Å². The maximum atomic E-state index is 12.9. The van der Waals surface area contributed by atoms with Crippen molar-refractivity contribution in [1.29, 1.82) is 0 Å². The largest absolute Gasteiger partial charge is 0.321 e. The Kier molecular flexibility index (Phi) is 2.95. The van der Waals surface area contributed by atoms with Crippen LogP contribution in [-0.4, -0.2) is 15.9 Å². The molecule has 0 unspecified atom stereocenters. The first kappa shape index (κ1) is 11.0. The standard InChI is InChI=1S/C11H8FN3O2/c12-7-2-1-3-8(4-7)15-11(17)9-5-10(16)14-6-13-9/h1-6H,(H,15,17)(H,13,14,16). The number of halogens is 1. The molecule has 2 rings (SSSR count). The topological polar surface area (TPSA) is 74.8 Å². The average molecular weight is 233 g/mol. The van der Waals surface area contributed by atoms with Gasteiger partial charge in [-0.1, -0.05) is 6.07 Å². The first-order chi connectivity index (χ1) is 8.15. The van der Waals surface area contributed by atoms with E-state index in [1.54, 1.807) is 0 Å². The third-order valence-corrected chi connectivity index (χ3v) is 1.99. The van der Waals surface area contributed by atoms with Crippen LogP contribution < -0.4 is 10.9 Å². The maximum absolute atomic E-state index is 12.9. The van der Waals surface area contributed by atoms with E-state index in [9.17, 15) is 14.0 Å². The molecule has 0 radical (unpaired) electrons. The highest BCUT2D eigenvalue weighted by molar-refractivity contribution is 6.02. The Bertz CT molecular complexity index is 609. The molecule has 0 fully saturated rings. The number of nitrogens with one attached hydrogen (secondary N) is 2. The van der Waals surface area contributed by atoms with Crippen molar-refractivity contribution >= 4 is 11.6 Å². The number of nitrogens with zero attached hydrogens (tertiary/aromatic N) is 1. The van der Waals surface area contributed by atoms with Gasteiger partial charge in [-0.2, -0.15) is 0 Å². The summed E-state index contributed by atoms with van der Waals surface area (Å²) in [4.78, 5) is 28.6. The lowest BCUT2D eigenvalue weighted by atomic mass is 10.3. The third-order valence-electron chi connectivity index (χ3n) is 1.99. The first-order valence-electron chi connectivity index (χ1n) is 4.77. The number of aromatic nitrogens is 2. The zero-order chi connectivity index (χ0) is 12.3. The lowest BCUT2D eigenvalue weighted by Gasteiger charge is -2.03. The number of hydrogen-bond acceptors (Lipinski definition) is 3. The van der Waals surface area contributed by atoms with Gasteiger partial charge in [0, 0.05) is 11.8 Å². The van der Waals surface area contributed by atoms with Gasteiger partial charge in [0.25, 0.3) is 11.5 Å². The average Bonchev–Trinajstić information content (AvgIpc) is 2.29. The van der Waals surface area contributed by atoms with Crippen molar-refractivity contribution in [2.24, 2.45) is 0 Å². The number of aromatic amines is 1. The van der Waals surface area contributed by atoms with Crippen LogP contribution in [0.3, 0.4) is 0 Å². The van der Waals surface area contributed by atoms with Crippen molar-refractivity contribution < 1.29 is 9.18 Å². The van der Waals surface area contributed by atoms with E-state index in [0.29, 0.717) is 5.69 Å². The third kappa shape index (κ3) is 2.75. The van der Waals surface area contributed by atoms with Crippen LogP contribution in [0.15, 0.2) is 41.5 Å². The van der Waals surface area contributed by atoms with Crippen molar-refractivity contribution in [3.63, 3.8) is 0 Å². The van der Waals surface area contributed by atoms with E-state index < -0.39 is 17.3 Å². The van der Waals surface area contributed by atoms with E-state index in [4.69, 9.17) is 0 Å². The number of amides is 1. The number of H-pyrrole nitrogens is 1. The summed E-state index contributed by atoms with van der Waals surface area (Å²) in [5.41, 5.74) is -0.153. The summed E-state index contributed by atoms with van der Waals surface area (Å²) >= 11 is 0. The summed E-state index contributed by atoms with van der Waals surface area (Å²) in [5.74, 6) is -1.02. The predicted octanol–water partition coefficient (Wildman–Crippen LogP) is 1.16. The Hall–Kier alpha value is -2.50. The smallest absolute Gasteiger partial charge is 0.274 e. The summed E-state index contributed by atoms with van der Waals surface area (Å²) in [7, 11) is 0. The Morgan fingerprint density at radius 2 is 2.18 bits per heavy atom. The van der Waals surface area contributed by atoms with E-state index in [2.05, 4.69) is 15.3 Å². The van der Waals surface area contributed by atoms with E-state index in [0.717, 1.165) is 12.4 Å². The van der Waals surface area contributed by atoms with E-state index >= 15 is 0 Å². The summed E-state index contributed by atoms with van der Waals surface area (Å²) < 4.78 is 12.9. The van der Waals surface area contributed by atoms with Crippen LogP contribution in [0.25, 0.3) is 0 Å². The summed E-state index contributed by atoms with van der Waals surface area (Å²) in [6.45, 7) is 0. The minimum atomic E-state index is -0.568. The normalized spacial score (nSPS) is 9.94. The van der Waals surface area contributed by atoms with Crippen molar-refractivity contribution in [3.8, 4) is 0 Å². The lowest BCUT2D eigenvalue weighted by molar-refractivity contribution is 0.102. The van der Waals surface area contributed by atoms with Gasteiger partial charge >= 0.3 is 0 Å². The molecule has 0 saturated heterocycles. The number of carbonyl (C=O) groups is 1. The summed E-state index contributed by atoms with van der Waals surface area (Å²) in [6, 6.07) is 6.51. The molecule has 0 atom stereocenters. The van der Waals surface area contributed by atoms with Crippen LogP contribution >= 0.6 is 0 Å². The molecule has 0 saturated carbocycles. The number of benzene rings is 1. The zero-order valence-electron chi connectivity index (χ0n) is 8.61. The second-order valence-corrected chi connectivity index (χ2v) is 3.26. The molecule has 0 spiro atoms. The second kappa shape index (κ2) is 4.56. The zero-order valence-corrected chi connectivity index (χ0v) is 8.61. The molecular formula is C11H8FN3O2. The fraction of sp³-hybridized carbons (Fsp3) is 0. The Labute approximate surface area is 95.3 Å². The summed E-state index contributed by atoms with van der Waals surface area (Å²) in [5, 5.41) is 2.43. The van der Waals surface area contributed by atoms with Crippen molar-refractivity contribution in [3.05, 3.63) is 58.5 Å². The van der Waals surface area contributed by atoms with Gasteiger partial charge in [0.15, 0.2) is 0 Å². The molecule has 0 aliphatic heterocycles. The molecule has 2 aromatic rings. The highest BCUT2D eigenvalue weighted by atomic mass is 19.1. The van der Waals surface area contributed by atoms with Gasteiger partial charge in [-0.25, -0.2) is 9.37 Å². The van der Waals surface area contributed by atoms with Gasteiger partial charge in [0.2, 0.25) is 0 Å². The van der Waals surface area contributed by atoms with Gasteiger partial charge in [-0.15, -0.1) is 0 Å². The molecule has 5 nitrogen and oxygen atoms in total. The molecule has 6 heteroatoms. The number of carbonyl (C=O) groups excluding carboxylic acids is 1. The highest BCUT2D eigenvalue weighted by Gasteiger charge is 2.08. The van der Waals surface area contributed by atoms with Gasteiger partial charge < -0.3 is 10.3 Å². The molecule has 1 aromatic carbocycles. The number of anilines is 1. The van der Waals surface area contributed by atoms with Gasteiger partial charge in [0.1, 0.15) is 11.5 Å². The molecule has 17 heavy (non-hydrogen) atoms. The Balaban J connectivity index is 2.20. The molecule has 2 N–H and O–H groups in total. The lowest BCUT2D eigenvalue weighted by Crippen LogP contribution is -2.17. The molecule has 0 aliphatic rings. The van der Waals surface area contributed by atoms with Crippen LogP contribution in [0.5, 0.6) is 0 Å². The van der Waals surface area contributed by atoms with Crippen molar-refractivity contribution in [1.82, 2.24) is 9.97 Å². The SMILES string of the molecule is O=C(Nc1cccc(F)c1)c1cc(=O)[nH]cn1. The molecule has 1 aromatic heterocycles. The van der Waals surface area contributed by atoms with Gasteiger partial charge in [-0.05, 0) is 18.2 Å². The van der Waals surface area contributed by atoms with E-state index in [1.807, 2.05) is 0 Å². The molecule has 1 amide bonds. The second-order valence-electron chi connectivity index (χ2n) is 3.26. The van der Waals surface area contributed by atoms with E-state index in [1.165, 1.54) is 24.3 Å². The van der Waals surface area contributed by atoms with Crippen molar-refractivity contribution in [2.75, 3.05) is 5.32 Å². The first-order valence-corrected chi connectivity index (χ1v) is 4.77. The minimum Gasteiger partial charge on any atom is -0.321 e.